The molecule has 0 atom stereocenters. The van der Waals surface area contributed by atoms with Crippen LogP contribution in [-0.2, 0) is 6.54 Å². The van der Waals surface area contributed by atoms with E-state index in [0.717, 1.165) is 0 Å². The number of nitrogens with one attached hydrogen (secondary N) is 2. The Hall–Kier alpha value is -2.45. The van der Waals surface area contributed by atoms with Crippen molar-refractivity contribution in [2.75, 3.05) is 24.8 Å². The lowest BCUT2D eigenvalue weighted by Crippen LogP contribution is -2.09. The largest absolute Gasteiger partial charge is 0.467 e. The van der Waals surface area contributed by atoms with Crippen molar-refractivity contribution in [3.05, 3.63) is 12.2 Å². The summed E-state index contributed by atoms with van der Waals surface area (Å²) in [4.78, 5) is 15.9. The van der Waals surface area contributed by atoms with Crippen LogP contribution < -0.4 is 15.4 Å². The predicted molar refractivity (Wildman–Crippen MR) is 57.6 cm³/mol. The van der Waals surface area contributed by atoms with Gasteiger partial charge >= 0.3 is 6.01 Å². The summed E-state index contributed by atoms with van der Waals surface area (Å²) in [5.74, 6) is 1.29. The smallest absolute Gasteiger partial charge is 0.322 e. The molecule has 0 saturated heterocycles. The molecule has 0 aliphatic carbocycles. The molecular formula is C8H11N7O2. The number of nitrogens with zero attached hydrogens (tertiary/aromatic N) is 5. The lowest BCUT2D eigenvalue weighted by Gasteiger charge is -2.05. The summed E-state index contributed by atoms with van der Waals surface area (Å²) < 4.78 is 9.54. The third kappa shape index (κ3) is 2.77. The van der Waals surface area contributed by atoms with Crippen LogP contribution in [0.4, 0.5) is 11.9 Å². The maximum Gasteiger partial charge on any atom is 0.322 e. The van der Waals surface area contributed by atoms with Gasteiger partial charge in [0.1, 0.15) is 0 Å². The topological polar surface area (TPSA) is 111 Å². The average molecular weight is 237 g/mol. The molecule has 9 heteroatoms. The minimum Gasteiger partial charge on any atom is -0.467 e. The first-order chi connectivity index (χ1) is 8.31. The quantitative estimate of drug-likeness (QED) is 0.737. The van der Waals surface area contributed by atoms with Crippen molar-refractivity contribution in [2.24, 2.45) is 0 Å². The highest BCUT2D eigenvalue weighted by Crippen LogP contribution is 2.10. The van der Waals surface area contributed by atoms with E-state index in [1.54, 1.807) is 7.05 Å². The van der Waals surface area contributed by atoms with Gasteiger partial charge in [-0.3, -0.25) is 0 Å². The van der Waals surface area contributed by atoms with Crippen LogP contribution in [-0.4, -0.2) is 39.3 Å². The average Bonchev–Trinajstić information content (AvgIpc) is 2.89. The number of aromatic nitrogens is 5. The summed E-state index contributed by atoms with van der Waals surface area (Å²) >= 11 is 0. The number of rotatable bonds is 5. The van der Waals surface area contributed by atoms with E-state index in [-0.39, 0.29) is 6.01 Å². The minimum absolute atomic E-state index is 0.222. The van der Waals surface area contributed by atoms with Crippen LogP contribution in [0.25, 0.3) is 0 Å². The van der Waals surface area contributed by atoms with Crippen molar-refractivity contribution in [1.82, 2.24) is 25.1 Å². The molecule has 0 spiro atoms. The number of anilines is 2. The van der Waals surface area contributed by atoms with Crippen LogP contribution in [0.5, 0.6) is 6.01 Å². The van der Waals surface area contributed by atoms with E-state index in [9.17, 15) is 0 Å². The molecule has 2 aromatic rings. The van der Waals surface area contributed by atoms with E-state index < -0.39 is 0 Å². The number of hydrogen-bond donors (Lipinski definition) is 2. The maximum absolute atomic E-state index is 4.94. The summed E-state index contributed by atoms with van der Waals surface area (Å²) in [5, 5.41) is 9.38. The Bertz CT molecular complexity index is 450. The molecule has 90 valence electrons. The van der Waals surface area contributed by atoms with E-state index in [1.165, 1.54) is 13.5 Å². The van der Waals surface area contributed by atoms with Crippen LogP contribution in [0, 0.1) is 0 Å². The Balaban J connectivity index is 2.09. The van der Waals surface area contributed by atoms with Gasteiger partial charge < -0.3 is 19.9 Å². The van der Waals surface area contributed by atoms with Crippen LogP contribution >= 0.6 is 0 Å². The fraction of sp³-hybridized carbons (Fsp3) is 0.375. The van der Waals surface area contributed by atoms with E-state index >= 15 is 0 Å². The SMILES string of the molecule is CNc1nc(NCc2ncon2)nc(OC)n1. The van der Waals surface area contributed by atoms with Crippen LogP contribution in [0.15, 0.2) is 10.9 Å². The van der Waals surface area contributed by atoms with E-state index in [1.807, 2.05) is 0 Å². The monoisotopic (exact) mass is 237 g/mol. The fourth-order valence-electron chi connectivity index (χ4n) is 1.07. The Morgan fingerprint density at radius 2 is 2.12 bits per heavy atom. The molecule has 2 aromatic heterocycles. The normalized spacial score (nSPS) is 10.0. The van der Waals surface area contributed by atoms with Crippen molar-refractivity contribution < 1.29 is 9.26 Å². The molecule has 0 amide bonds. The Morgan fingerprint density at radius 1 is 1.29 bits per heavy atom. The van der Waals surface area contributed by atoms with Gasteiger partial charge in [-0.05, 0) is 0 Å². The third-order valence-electron chi connectivity index (χ3n) is 1.83. The summed E-state index contributed by atoms with van der Waals surface area (Å²) in [7, 11) is 3.19. The van der Waals surface area contributed by atoms with Gasteiger partial charge in [0.15, 0.2) is 5.82 Å². The van der Waals surface area contributed by atoms with Crippen molar-refractivity contribution in [2.45, 2.75) is 6.54 Å². The Kier molecular flexibility index (Phi) is 3.28. The molecule has 0 bridgehead atoms. The van der Waals surface area contributed by atoms with Crippen LogP contribution in [0.3, 0.4) is 0 Å². The number of hydrogen-bond acceptors (Lipinski definition) is 9. The second-order valence-corrected chi connectivity index (χ2v) is 2.92. The van der Waals surface area contributed by atoms with Crippen molar-refractivity contribution in [1.29, 1.82) is 0 Å². The molecule has 0 aliphatic heterocycles. The molecule has 2 heterocycles. The van der Waals surface area contributed by atoms with E-state index in [4.69, 9.17) is 4.74 Å². The molecular weight excluding hydrogens is 226 g/mol. The van der Waals surface area contributed by atoms with Crippen molar-refractivity contribution in [3.8, 4) is 6.01 Å². The standard InChI is InChI=1S/C8H11N7O2/c1-9-6-12-7(14-8(13-6)16-2)10-3-5-11-4-17-15-5/h4H,3H2,1-2H3,(H2,9,10,12,13,14). The van der Waals surface area contributed by atoms with Crippen molar-refractivity contribution >= 4 is 11.9 Å². The van der Waals surface area contributed by atoms with Gasteiger partial charge in [-0.25, -0.2) is 0 Å². The van der Waals surface area contributed by atoms with Gasteiger partial charge in [0.25, 0.3) is 0 Å². The zero-order valence-corrected chi connectivity index (χ0v) is 9.34. The molecule has 0 unspecified atom stereocenters. The Labute approximate surface area is 96.6 Å². The van der Waals surface area contributed by atoms with Gasteiger partial charge in [-0.1, -0.05) is 5.16 Å². The summed E-state index contributed by atoms with van der Waals surface area (Å²) in [6, 6.07) is 0.222. The second-order valence-electron chi connectivity index (χ2n) is 2.92. The summed E-state index contributed by atoms with van der Waals surface area (Å²) in [6.07, 6.45) is 1.25. The van der Waals surface area contributed by atoms with Gasteiger partial charge in [0, 0.05) is 7.05 Å². The van der Waals surface area contributed by atoms with E-state index in [2.05, 4.69) is 40.2 Å². The predicted octanol–water partition coefficient (Wildman–Crippen LogP) is -0.0830. The fourth-order valence-corrected chi connectivity index (χ4v) is 1.07. The molecule has 0 aliphatic rings. The second kappa shape index (κ2) is 5.05. The lowest BCUT2D eigenvalue weighted by atomic mass is 10.6. The lowest BCUT2D eigenvalue weighted by molar-refractivity contribution is 0.379. The summed E-state index contributed by atoms with van der Waals surface area (Å²) in [6.45, 7) is 0.354. The van der Waals surface area contributed by atoms with Gasteiger partial charge in [0.2, 0.25) is 18.3 Å². The first-order valence-corrected chi connectivity index (χ1v) is 4.78. The van der Waals surface area contributed by atoms with Gasteiger partial charge in [-0.15, -0.1) is 0 Å². The zero-order valence-electron chi connectivity index (χ0n) is 9.34. The van der Waals surface area contributed by atoms with Crippen LogP contribution in [0.2, 0.25) is 0 Å². The molecule has 17 heavy (non-hydrogen) atoms. The molecule has 9 nitrogen and oxygen atoms in total. The molecule has 0 aromatic carbocycles. The molecule has 0 saturated carbocycles. The maximum atomic E-state index is 4.94. The third-order valence-corrected chi connectivity index (χ3v) is 1.83. The summed E-state index contributed by atoms with van der Waals surface area (Å²) in [5.41, 5.74) is 0. The highest BCUT2D eigenvalue weighted by molar-refractivity contribution is 5.35. The first kappa shape index (κ1) is 11.0. The molecule has 2 N–H and O–H groups in total. The minimum atomic E-state index is 0.222. The molecule has 2 rings (SSSR count). The first-order valence-electron chi connectivity index (χ1n) is 4.78. The van der Waals surface area contributed by atoms with E-state index in [0.29, 0.717) is 24.3 Å². The highest BCUT2D eigenvalue weighted by Gasteiger charge is 2.06. The number of methoxy groups -OCH3 is 1. The van der Waals surface area contributed by atoms with Gasteiger partial charge in [0.05, 0.1) is 13.7 Å². The van der Waals surface area contributed by atoms with Crippen molar-refractivity contribution in [3.63, 3.8) is 0 Å². The molecule has 0 radical (unpaired) electrons. The van der Waals surface area contributed by atoms with Crippen LogP contribution in [0.1, 0.15) is 5.82 Å². The zero-order chi connectivity index (χ0) is 12.1. The molecule has 0 fully saturated rings. The number of ether oxygens (including phenoxy) is 1. The highest BCUT2D eigenvalue weighted by atomic mass is 16.5. The Morgan fingerprint density at radius 3 is 2.76 bits per heavy atom. The van der Waals surface area contributed by atoms with Gasteiger partial charge in [-0.2, -0.15) is 19.9 Å².